The lowest BCUT2D eigenvalue weighted by atomic mass is 9.96. The summed E-state index contributed by atoms with van der Waals surface area (Å²) in [5, 5.41) is 15.5. The molecule has 2 aromatic heterocycles. The van der Waals surface area contributed by atoms with Crippen molar-refractivity contribution in [2.75, 3.05) is 19.0 Å². The maximum absolute atomic E-state index is 13.1. The van der Waals surface area contributed by atoms with Gasteiger partial charge >= 0.3 is 6.01 Å². The van der Waals surface area contributed by atoms with Gasteiger partial charge in [-0.1, -0.05) is 59.7 Å². The Morgan fingerprint density at radius 3 is 2.76 bits per heavy atom. The summed E-state index contributed by atoms with van der Waals surface area (Å²) in [6.45, 7) is 1.05. The number of carbonyl (C=O) groups excluding carboxylic acids is 1. The molecule has 1 aliphatic rings. The second-order valence-electron chi connectivity index (χ2n) is 7.54. The number of hydrogen-bond donors (Lipinski definition) is 1. The predicted molar refractivity (Wildman–Crippen MR) is 122 cm³/mol. The first kappa shape index (κ1) is 20.8. The number of methoxy groups -OCH3 is 1. The summed E-state index contributed by atoms with van der Waals surface area (Å²) >= 11 is 0. The summed E-state index contributed by atoms with van der Waals surface area (Å²) in [6, 6.07) is 19.5. The number of ketones is 1. The number of ether oxygens (including phenoxy) is 1. The van der Waals surface area contributed by atoms with E-state index in [1.165, 1.54) is 0 Å². The summed E-state index contributed by atoms with van der Waals surface area (Å²) in [6.07, 6.45) is 1.04. The Balaban J connectivity index is 1.45. The number of anilines is 1. The molecule has 9 heteroatoms. The number of nitrogens with zero attached hydrogens (tertiary/aromatic N) is 5. The third-order valence-corrected chi connectivity index (χ3v) is 5.38. The molecule has 0 saturated carbocycles. The summed E-state index contributed by atoms with van der Waals surface area (Å²) in [5.41, 5.74) is 4.21. The molecule has 0 amide bonds. The van der Waals surface area contributed by atoms with Gasteiger partial charge in [0.05, 0.1) is 18.9 Å². The molecule has 3 heterocycles. The fourth-order valence-corrected chi connectivity index (χ4v) is 3.77. The molecule has 0 saturated heterocycles. The molecule has 0 fully saturated rings. The number of aromatic nitrogens is 4. The van der Waals surface area contributed by atoms with E-state index in [2.05, 4.69) is 20.6 Å². The van der Waals surface area contributed by atoms with Crippen molar-refractivity contribution >= 4 is 17.5 Å². The van der Waals surface area contributed by atoms with Crippen LogP contribution in [0, 0.1) is 0 Å². The Hall–Kier alpha value is -4.11. The molecule has 4 aromatic rings. The Morgan fingerprint density at radius 1 is 1.09 bits per heavy atom. The third kappa shape index (κ3) is 4.31. The van der Waals surface area contributed by atoms with E-state index >= 15 is 0 Å². The number of hydrogen-bond acceptors (Lipinski definition) is 8. The molecule has 1 atom stereocenters. The second kappa shape index (κ2) is 9.17. The van der Waals surface area contributed by atoms with Gasteiger partial charge in [0.15, 0.2) is 11.9 Å². The van der Waals surface area contributed by atoms with E-state index in [9.17, 15) is 4.79 Å². The van der Waals surface area contributed by atoms with Crippen molar-refractivity contribution in [2.24, 2.45) is 4.99 Å². The van der Waals surface area contributed by atoms with Crippen LogP contribution in [0.5, 0.6) is 0 Å². The van der Waals surface area contributed by atoms with Crippen LogP contribution in [0.2, 0.25) is 0 Å². The van der Waals surface area contributed by atoms with Crippen LogP contribution in [0.1, 0.15) is 16.7 Å². The van der Waals surface area contributed by atoms with Crippen molar-refractivity contribution in [3.05, 3.63) is 83.6 Å². The Bertz CT molecular complexity index is 1290. The van der Waals surface area contributed by atoms with Crippen LogP contribution in [-0.2, 0) is 22.5 Å². The van der Waals surface area contributed by atoms with Gasteiger partial charge in [0.1, 0.15) is 5.69 Å². The van der Waals surface area contributed by atoms with Gasteiger partial charge in [0.25, 0.3) is 5.89 Å². The molecule has 5 rings (SSSR count). The van der Waals surface area contributed by atoms with Crippen molar-refractivity contribution < 1.29 is 13.9 Å². The monoisotopic (exact) mass is 442 g/mol. The first-order valence-corrected chi connectivity index (χ1v) is 10.6. The molecular formula is C24H22N6O3. The number of rotatable bonds is 7. The van der Waals surface area contributed by atoms with Crippen LogP contribution < -0.4 is 5.32 Å². The normalized spacial score (nSPS) is 15.6. The molecule has 0 spiro atoms. The maximum atomic E-state index is 13.1. The first-order chi connectivity index (χ1) is 16.2. The lowest BCUT2D eigenvalue weighted by molar-refractivity contribution is -0.119. The molecular weight excluding hydrogens is 420 g/mol. The quantitative estimate of drug-likeness (QED) is 0.469. The second-order valence-corrected chi connectivity index (χ2v) is 7.54. The van der Waals surface area contributed by atoms with Crippen LogP contribution in [0.25, 0.3) is 11.6 Å². The number of fused-ring (bicyclic) bond motifs is 1. The van der Waals surface area contributed by atoms with Gasteiger partial charge in [0.2, 0.25) is 0 Å². The first-order valence-electron chi connectivity index (χ1n) is 10.6. The molecule has 166 valence electrons. The fourth-order valence-electron chi connectivity index (χ4n) is 3.77. The lowest BCUT2D eigenvalue weighted by Gasteiger charge is -2.11. The van der Waals surface area contributed by atoms with E-state index < -0.39 is 6.17 Å². The van der Waals surface area contributed by atoms with Crippen LogP contribution in [-0.4, -0.2) is 51.4 Å². The van der Waals surface area contributed by atoms with Crippen molar-refractivity contribution in [3.8, 4) is 11.6 Å². The van der Waals surface area contributed by atoms with Crippen molar-refractivity contribution in [3.63, 3.8) is 0 Å². The summed E-state index contributed by atoms with van der Waals surface area (Å²) in [4.78, 5) is 17.9. The molecule has 1 N–H and O–H groups in total. The van der Waals surface area contributed by atoms with Gasteiger partial charge in [-0.3, -0.25) is 14.5 Å². The Morgan fingerprint density at radius 2 is 1.91 bits per heavy atom. The minimum atomic E-state index is -0.862. The molecule has 0 radical (unpaired) electrons. The van der Waals surface area contributed by atoms with Crippen LogP contribution in [0.15, 0.2) is 76.3 Å². The molecule has 9 nitrogen and oxygen atoms in total. The van der Waals surface area contributed by atoms with Crippen molar-refractivity contribution in [2.45, 2.75) is 19.1 Å². The maximum Gasteiger partial charge on any atom is 0.317 e. The van der Waals surface area contributed by atoms with Gasteiger partial charge < -0.3 is 14.5 Å². The molecule has 0 aliphatic carbocycles. The standard InChI is InChI=1S/C24H22N6O3/c1-32-14-13-30-19(11-12-25-30)23-28-29-24(33-23)27-22-20(31)15-17-9-5-6-10-18(17)21(26-22)16-7-3-2-4-8-16/h2-12,22H,13-15H2,1H3,(H,27,29)/t22-/m1/s1. The zero-order valence-electron chi connectivity index (χ0n) is 18.0. The van der Waals surface area contributed by atoms with Crippen LogP contribution >= 0.6 is 0 Å². The van der Waals surface area contributed by atoms with Gasteiger partial charge in [-0.25, -0.2) is 0 Å². The number of nitrogens with one attached hydrogen (secondary N) is 1. The summed E-state index contributed by atoms with van der Waals surface area (Å²) in [5.74, 6) is 0.209. The minimum Gasteiger partial charge on any atom is -0.402 e. The van der Waals surface area contributed by atoms with E-state index in [0.717, 1.165) is 22.4 Å². The SMILES string of the molecule is COCCn1nccc1-c1nnc(N[C@H]2N=C(c3ccccc3)c3ccccc3CC2=O)o1. The van der Waals surface area contributed by atoms with Crippen molar-refractivity contribution in [1.82, 2.24) is 20.0 Å². The number of benzene rings is 2. The third-order valence-electron chi connectivity index (χ3n) is 5.38. The minimum absolute atomic E-state index is 0.0849. The van der Waals surface area contributed by atoms with Gasteiger partial charge in [-0.2, -0.15) is 5.10 Å². The van der Waals surface area contributed by atoms with Gasteiger partial charge in [0, 0.05) is 30.9 Å². The van der Waals surface area contributed by atoms with E-state index in [4.69, 9.17) is 14.1 Å². The molecule has 1 aliphatic heterocycles. The van der Waals surface area contributed by atoms with E-state index in [-0.39, 0.29) is 18.2 Å². The highest BCUT2D eigenvalue weighted by atomic mass is 16.5. The van der Waals surface area contributed by atoms with Crippen LogP contribution in [0.3, 0.4) is 0 Å². The highest BCUT2D eigenvalue weighted by Crippen LogP contribution is 2.24. The number of Topliss-reactive ketones (excluding diaryl/α,β-unsaturated/α-hetero) is 1. The smallest absolute Gasteiger partial charge is 0.317 e. The van der Waals surface area contributed by atoms with E-state index in [0.29, 0.717) is 24.7 Å². The number of aliphatic imine (C=N–C) groups is 1. The molecule has 0 unspecified atom stereocenters. The highest BCUT2D eigenvalue weighted by Gasteiger charge is 2.27. The predicted octanol–water partition coefficient (Wildman–Crippen LogP) is 2.98. The summed E-state index contributed by atoms with van der Waals surface area (Å²) < 4.78 is 12.6. The van der Waals surface area contributed by atoms with Gasteiger partial charge in [-0.05, 0) is 11.6 Å². The van der Waals surface area contributed by atoms with E-state index in [1.807, 2.05) is 54.6 Å². The molecule has 0 bridgehead atoms. The van der Waals surface area contributed by atoms with Crippen molar-refractivity contribution in [1.29, 1.82) is 0 Å². The average molecular weight is 442 g/mol. The lowest BCUT2D eigenvalue weighted by Crippen LogP contribution is -2.29. The zero-order valence-corrected chi connectivity index (χ0v) is 18.0. The molecule has 2 aromatic carbocycles. The Labute approximate surface area is 190 Å². The topological polar surface area (TPSA) is 107 Å². The average Bonchev–Trinajstić information content (AvgIpc) is 3.47. The van der Waals surface area contributed by atoms with Crippen LogP contribution in [0.4, 0.5) is 6.01 Å². The van der Waals surface area contributed by atoms with E-state index in [1.54, 1.807) is 24.1 Å². The Kier molecular flexibility index (Phi) is 5.77. The molecule has 33 heavy (non-hydrogen) atoms. The number of carbonyl (C=O) groups is 1. The highest BCUT2D eigenvalue weighted by molar-refractivity contribution is 6.16. The zero-order chi connectivity index (χ0) is 22.6. The summed E-state index contributed by atoms with van der Waals surface area (Å²) in [7, 11) is 1.63. The van der Waals surface area contributed by atoms with Gasteiger partial charge in [-0.15, -0.1) is 5.10 Å². The largest absolute Gasteiger partial charge is 0.402 e. The fraction of sp³-hybridized carbons (Fsp3) is 0.208.